The van der Waals surface area contributed by atoms with E-state index in [0.717, 1.165) is 35.4 Å². The highest BCUT2D eigenvalue weighted by atomic mass is 19.4. The van der Waals surface area contributed by atoms with Crippen molar-refractivity contribution < 1.29 is 22.7 Å². The van der Waals surface area contributed by atoms with Gasteiger partial charge in [-0.15, -0.1) is 0 Å². The number of aliphatic imine (C=N–C) groups is 1. The molecule has 2 aromatic carbocycles. The molecule has 0 fully saturated rings. The van der Waals surface area contributed by atoms with E-state index in [2.05, 4.69) is 27.6 Å². The van der Waals surface area contributed by atoms with Crippen molar-refractivity contribution in [2.45, 2.75) is 31.5 Å². The van der Waals surface area contributed by atoms with Crippen LogP contribution in [-0.2, 0) is 10.9 Å². The van der Waals surface area contributed by atoms with Crippen LogP contribution in [0.15, 0.2) is 96.4 Å². The molecule has 0 spiro atoms. The van der Waals surface area contributed by atoms with Crippen molar-refractivity contribution in [2.75, 3.05) is 11.9 Å². The summed E-state index contributed by atoms with van der Waals surface area (Å²) < 4.78 is 47.2. The molecule has 3 unspecified atom stereocenters. The van der Waals surface area contributed by atoms with Crippen LogP contribution in [0.4, 0.5) is 18.9 Å². The lowest BCUT2D eigenvalue weighted by atomic mass is 9.95. The smallest absolute Gasteiger partial charge is 0.372 e. The topological polar surface area (TPSA) is 68.5 Å². The van der Waals surface area contributed by atoms with Crippen molar-refractivity contribution in [2.24, 2.45) is 10.9 Å². The summed E-state index contributed by atoms with van der Waals surface area (Å²) in [4.78, 5) is 17.0. The summed E-state index contributed by atoms with van der Waals surface area (Å²) in [6.45, 7) is 2.51. The Balaban J connectivity index is 1.31. The quantitative estimate of drug-likeness (QED) is 0.370. The Kier molecular flexibility index (Phi) is 7.60. The van der Waals surface area contributed by atoms with Gasteiger partial charge < -0.3 is 10.1 Å². The molecule has 0 bridgehead atoms. The van der Waals surface area contributed by atoms with Crippen LogP contribution in [0.3, 0.4) is 0 Å². The number of hydrogen-bond donors (Lipinski definition) is 1. The zero-order valence-electron chi connectivity index (χ0n) is 21.2. The summed E-state index contributed by atoms with van der Waals surface area (Å²) >= 11 is 0. The molecule has 1 amide bonds. The fourth-order valence-corrected chi connectivity index (χ4v) is 4.52. The Morgan fingerprint density at radius 2 is 2.03 bits per heavy atom. The summed E-state index contributed by atoms with van der Waals surface area (Å²) in [5, 5.41) is 7.23. The van der Waals surface area contributed by atoms with Crippen LogP contribution in [0.1, 0.15) is 39.4 Å². The Morgan fingerprint density at radius 1 is 1.15 bits per heavy atom. The first-order valence-electron chi connectivity index (χ1n) is 12.6. The zero-order valence-corrected chi connectivity index (χ0v) is 21.2. The minimum Gasteiger partial charge on any atom is -0.372 e. The number of aromatic nitrogens is 2. The highest BCUT2D eigenvalue weighted by Crippen LogP contribution is 2.30. The highest BCUT2D eigenvalue weighted by molar-refractivity contribution is 6.04. The molecule has 2 heterocycles. The second-order valence-corrected chi connectivity index (χ2v) is 9.52. The molecule has 3 atom stereocenters. The normalized spacial score (nSPS) is 20.4. The lowest BCUT2D eigenvalue weighted by molar-refractivity contribution is -0.137. The fraction of sp³-hybridized carbons (Fsp3) is 0.233. The number of alkyl halides is 3. The third-order valence-corrected chi connectivity index (χ3v) is 6.69. The van der Waals surface area contributed by atoms with Gasteiger partial charge in [-0.1, -0.05) is 36.4 Å². The van der Waals surface area contributed by atoms with E-state index < -0.39 is 17.6 Å². The van der Waals surface area contributed by atoms with Crippen molar-refractivity contribution >= 4 is 17.8 Å². The van der Waals surface area contributed by atoms with Gasteiger partial charge in [-0.2, -0.15) is 18.3 Å². The van der Waals surface area contributed by atoms with Crippen molar-refractivity contribution in [3.8, 4) is 5.69 Å². The van der Waals surface area contributed by atoms with Crippen LogP contribution in [0.5, 0.6) is 0 Å². The molecule has 6 nitrogen and oxygen atoms in total. The predicted molar refractivity (Wildman–Crippen MR) is 144 cm³/mol. The first-order valence-corrected chi connectivity index (χ1v) is 12.6. The number of rotatable bonds is 7. The monoisotopic (exact) mass is 532 g/mol. The number of anilines is 1. The van der Waals surface area contributed by atoms with E-state index in [-0.39, 0.29) is 17.6 Å². The minimum atomic E-state index is -4.53. The van der Waals surface area contributed by atoms with Gasteiger partial charge in [0.15, 0.2) is 0 Å². The van der Waals surface area contributed by atoms with Gasteiger partial charge in [0.2, 0.25) is 0 Å². The number of carbonyl (C=O) groups is 1. The summed E-state index contributed by atoms with van der Waals surface area (Å²) in [6, 6.07) is 9.59. The highest BCUT2D eigenvalue weighted by Gasteiger charge is 2.31. The van der Waals surface area contributed by atoms with Gasteiger partial charge in [-0.05, 0) is 55.3 Å². The van der Waals surface area contributed by atoms with E-state index >= 15 is 0 Å². The standard InChI is InChI=1S/C30H27F3N4O2/c1-20-10-11-25(36-29(38)22-8-5-9-24(14-22)30(31,32)33)15-27(20)37-18-23(16-35-37)26-17-34-13-12-28(26)39-19-21-6-3-2-4-7-21/h2-6,8-18,21,26,28H,7,19H2,1H3,(H,36,38). The number of nitrogens with zero attached hydrogens (tertiary/aromatic N) is 3. The van der Waals surface area contributed by atoms with E-state index in [1.165, 1.54) is 12.1 Å². The van der Waals surface area contributed by atoms with Gasteiger partial charge in [0.1, 0.15) is 0 Å². The molecule has 200 valence electrons. The molecule has 9 heteroatoms. The van der Waals surface area contributed by atoms with E-state index in [4.69, 9.17) is 4.74 Å². The number of benzene rings is 2. The first kappa shape index (κ1) is 26.4. The number of aryl methyl sites for hydroxylation is 1. The number of allylic oxidation sites excluding steroid dienone is 3. The lowest BCUT2D eigenvalue weighted by Crippen LogP contribution is -2.25. The van der Waals surface area contributed by atoms with E-state index in [9.17, 15) is 18.0 Å². The van der Waals surface area contributed by atoms with Crippen LogP contribution >= 0.6 is 0 Å². The average molecular weight is 533 g/mol. The second kappa shape index (κ2) is 11.2. The molecule has 3 aromatic rings. The van der Waals surface area contributed by atoms with Gasteiger partial charge in [0, 0.05) is 41.3 Å². The number of amides is 1. The van der Waals surface area contributed by atoms with Gasteiger partial charge in [-0.3, -0.25) is 9.79 Å². The third-order valence-electron chi connectivity index (χ3n) is 6.69. The number of nitrogens with one attached hydrogen (secondary N) is 1. The van der Waals surface area contributed by atoms with Crippen LogP contribution in [-0.4, -0.2) is 34.6 Å². The molecule has 2 aliphatic rings. The van der Waals surface area contributed by atoms with Crippen LogP contribution in [0.25, 0.3) is 5.69 Å². The van der Waals surface area contributed by atoms with E-state index in [1.54, 1.807) is 29.2 Å². The van der Waals surface area contributed by atoms with E-state index in [1.807, 2.05) is 43.6 Å². The minimum absolute atomic E-state index is 0.0799. The largest absolute Gasteiger partial charge is 0.416 e. The van der Waals surface area contributed by atoms with Gasteiger partial charge in [0.05, 0.1) is 36.1 Å². The summed E-state index contributed by atoms with van der Waals surface area (Å²) in [5.74, 6) is -0.413. The summed E-state index contributed by atoms with van der Waals surface area (Å²) in [5.41, 5.74) is 2.04. The maximum atomic E-state index is 13.1. The number of carbonyl (C=O) groups excluding carboxylic acids is 1. The maximum absolute atomic E-state index is 13.1. The fourth-order valence-electron chi connectivity index (χ4n) is 4.52. The molecule has 0 saturated carbocycles. The molecular formula is C30H27F3N4O2. The third kappa shape index (κ3) is 6.26. The van der Waals surface area contributed by atoms with Crippen molar-refractivity contribution in [3.63, 3.8) is 0 Å². The van der Waals surface area contributed by atoms with Crippen LogP contribution in [0, 0.1) is 12.8 Å². The maximum Gasteiger partial charge on any atom is 0.416 e. The second-order valence-electron chi connectivity index (χ2n) is 9.52. The Morgan fingerprint density at radius 3 is 2.82 bits per heavy atom. The number of halogens is 3. The molecular weight excluding hydrogens is 505 g/mol. The Hall–Kier alpha value is -4.24. The average Bonchev–Trinajstić information content (AvgIpc) is 3.43. The van der Waals surface area contributed by atoms with E-state index in [0.29, 0.717) is 18.2 Å². The van der Waals surface area contributed by atoms with Crippen LogP contribution < -0.4 is 5.32 Å². The number of hydrogen-bond acceptors (Lipinski definition) is 4. The lowest BCUT2D eigenvalue weighted by Gasteiger charge is -2.25. The molecule has 39 heavy (non-hydrogen) atoms. The molecule has 0 saturated heterocycles. The van der Waals surface area contributed by atoms with Gasteiger partial charge in [-0.25, -0.2) is 4.68 Å². The summed E-state index contributed by atoms with van der Waals surface area (Å²) in [6.07, 6.45) is 13.8. The van der Waals surface area contributed by atoms with Crippen molar-refractivity contribution in [3.05, 3.63) is 114 Å². The Labute approximate surface area is 224 Å². The first-order chi connectivity index (χ1) is 18.8. The van der Waals surface area contributed by atoms with Gasteiger partial charge >= 0.3 is 6.18 Å². The molecule has 1 aliphatic heterocycles. The van der Waals surface area contributed by atoms with Crippen molar-refractivity contribution in [1.82, 2.24) is 9.78 Å². The van der Waals surface area contributed by atoms with Gasteiger partial charge in [0.25, 0.3) is 5.91 Å². The molecule has 1 N–H and O–H groups in total. The molecule has 5 rings (SSSR count). The van der Waals surface area contributed by atoms with Crippen molar-refractivity contribution in [1.29, 1.82) is 0 Å². The van der Waals surface area contributed by atoms with Crippen LogP contribution in [0.2, 0.25) is 0 Å². The SMILES string of the molecule is Cc1ccc(NC(=O)c2cccc(C(F)(F)F)c2)cc1-n1cc(C2C=NC=CC2OCC2C=CC=CC2)cn1. The zero-order chi connectivity index (χ0) is 27.4. The molecule has 1 aliphatic carbocycles. The summed E-state index contributed by atoms with van der Waals surface area (Å²) in [7, 11) is 0. The molecule has 1 aromatic heterocycles. The Bertz CT molecular complexity index is 1470. The molecule has 0 radical (unpaired) electrons. The predicted octanol–water partition coefficient (Wildman–Crippen LogP) is 6.65. The number of ether oxygens (including phenoxy) is 1.